The molecule has 0 radical (unpaired) electrons. The van der Waals surface area contributed by atoms with Crippen LogP contribution < -0.4 is 25.6 Å². The number of fused-ring (bicyclic) bond motifs is 2. The summed E-state index contributed by atoms with van der Waals surface area (Å²) in [4.78, 5) is 88.1. The number of hydrogen-bond donors (Lipinski definition) is 4. The first-order valence-corrected chi connectivity index (χ1v) is 28.9. The lowest BCUT2D eigenvalue weighted by atomic mass is 9.85. The third-order valence-corrected chi connectivity index (χ3v) is 16.4. The zero-order valence-electron chi connectivity index (χ0n) is 46.8. The number of aliphatic hydroxyl groups excluding tert-OH is 1. The monoisotopic (exact) mass is 1120 g/mol. The number of aliphatic hydroxyl groups is 1. The molecule has 4 atom stereocenters. The molecule has 1 saturated heterocycles. The molecule has 0 saturated carbocycles. The van der Waals surface area contributed by atoms with Crippen molar-refractivity contribution in [2.24, 2.45) is 5.41 Å². The lowest BCUT2D eigenvalue weighted by molar-refractivity contribution is -0.144. The predicted molar refractivity (Wildman–Crippen MR) is 314 cm³/mol. The van der Waals surface area contributed by atoms with Crippen LogP contribution in [0.2, 0.25) is 0 Å². The Morgan fingerprint density at radius 1 is 0.850 bits per heavy atom. The summed E-state index contributed by atoms with van der Waals surface area (Å²) < 4.78 is 13.3. The maximum Gasteiger partial charge on any atom is 0.358 e. The van der Waals surface area contributed by atoms with Crippen molar-refractivity contribution in [3.05, 3.63) is 142 Å². The van der Waals surface area contributed by atoms with Crippen molar-refractivity contribution >= 4 is 73.4 Å². The van der Waals surface area contributed by atoms with E-state index < -0.39 is 41.1 Å². The summed E-state index contributed by atoms with van der Waals surface area (Å²) in [5.41, 5.74) is 8.80. The molecule has 18 heteroatoms. The predicted octanol–water partition coefficient (Wildman–Crippen LogP) is 10.8. The minimum absolute atomic E-state index is 0.0240. The Hall–Kier alpha value is -7.54. The van der Waals surface area contributed by atoms with Crippen LogP contribution in [0, 0.1) is 19.3 Å². The normalized spacial score (nSPS) is 16.2. The highest BCUT2D eigenvalue weighted by atomic mass is 32.1. The number of aryl methyl sites for hydroxylation is 1. The number of pyridine rings is 1. The Labute approximate surface area is 475 Å². The number of esters is 1. The first-order chi connectivity index (χ1) is 38.1. The first kappa shape index (κ1) is 57.2. The molecule has 3 aromatic heterocycles. The molecule has 0 unspecified atom stereocenters. The van der Waals surface area contributed by atoms with E-state index in [-0.39, 0.29) is 48.8 Å². The van der Waals surface area contributed by atoms with Gasteiger partial charge in [0.05, 0.1) is 45.1 Å². The van der Waals surface area contributed by atoms with Crippen molar-refractivity contribution in [3.8, 4) is 27.3 Å². The maximum absolute atomic E-state index is 14.3. The number of anilines is 2. The van der Waals surface area contributed by atoms with Gasteiger partial charge in [0.25, 0.3) is 5.91 Å². The summed E-state index contributed by atoms with van der Waals surface area (Å²) in [5.74, 6) is -0.746. The molecular formula is C62H70N8O8S2. The Balaban J connectivity index is 0.818. The molecule has 4 amide bonds. The zero-order chi connectivity index (χ0) is 57.0. The summed E-state index contributed by atoms with van der Waals surface area (Å²) in [6, 6.07) is 28.7. The van der Waals surface area contributed by atoms with Crippen LogP contribution in [0.4, 0.5) is 10.9 Å². The molecule has 0 spiro atoms. The molecule has 16 nitrogen and oxygen atoms in total. The fraction of sp³-hybridized carbons (Fsp3) is 0.387. The molecule has 0 aliphatic carbocycles. The van der Waals surface area contributed by atoms with Crippen molar-refractivity contribution in [2.45, 2.75) is 131 Å². The Kier molecular flexibility index (Phi) is 17.2. The van der Waals surface area contributed by atoms with Crippen LogP contribution >= 0.6 is 22.7 Å². The van der Waals surface area contributed by atoms with Crippen LogP contribution in [0.3, 0.4) is 0 Å². The second-order valence-corrected chi connectivity index (χ2v) is 24.6. The van der Waals surface area contributed by atoms with Gasteiger partial charge in [-0.25, -0.2) is 19.7 Å². The van der Waals surface area contributed by atoms with Crippen LogP contribution in [-0.4, -0.2) is 98.0 Å². The molecule has 1 fully saturated rings. The number of likely N-dealkylation sites (tertiary alicyclic amines) is 1. The van der Waals surface area contributed by atoms with E-state index in [1.54, 1.807) is 11.3 Å². The molecular weight excluding hydrogens is 1050 g/mol. The molecule has 0 bridgehead atoms. The molecule has 9 rings (SSSR count). The minimum Gasteiger partial charge on any atom is -0.493 e. The number of rotatable bonds is 17. The van der Waals surface area contributed by atoms with Gasteiger partial charge in [-0.15, -0.1) is 11.3 Å². The van der Waals surface area contributed by atoms with Crippen LogP contribution in [0.5, 0.6) is 5.75 Å². The number of benzene rings is 4. The number of thiazole rings is 2. The minimum atomic E-state index is -0.953. The van der Waals surface area contributed by atoms with E-state index in [1.165, 1.54) is 16.2 Å². The van der Waals surface area contributed by atoms with Gasteiger partial charge in [0.1, 0.15) is 29.3 Å². The quantitative estimate of drug-likeness (QED) is 0.0497. The van der Waals surface area contributed by atoms with E-state index in [0.29, 0.717) is 66.8 Å². The van der Waals surface area contributed by atoms with Gasteiger partial charge in [0.15, 0.2) is 10.8 Å². The SMILES string of the molecule is Cc1ncsc1-c1ccc([C@H](C)NC(=O)[C@@H]2C[C@@H](O)CN2C(=O)[C@@H](NC(=O)CCCCOc2cccc(-c3ccc(N4CCc5cccc(C(=O)Nc6nc7ccccc7s6)c5C4)nc3C(=O)OC(C)(C)C)c2C)C(C)(C)C)cc1. The molecule has 2 aliphatic heterocycles. The number of unbranched alkanes of at least 4 members (excludes halogenated alkanes) is 1. The van der Waals surface area contributed by atoms with Gasteiger partial charge in [0, 0.05) is 43.6 Å². The summed E-state index contributed by atoms with van der Waals surface area (Å²) >= 11 is 3.00. The number of ether oxygens (including phenoxy) is 2. The Bertz CT molecular complexity index is 3400. The fourth-order valence-electron chi connectivity index (χ4n) is 10.3. The van der Waals surface area contributed by atoms with Gasteiger partial charge >= 0.3 is 5.97 Å². The van der Waals surface area contributed by atoms with Gasteiger partial charge in [-0.05, 0) is 136 Å². The number of hydrogen-bond acceptors (Lipinski definition) is 14. The molecule has 418 valence electrons. The summed E-state index contributed by atoms with van der Waals surface area (Å²) in [6.07, 6.45) is 0.990. The zero-order valence-corrected chi connectivity index (χ0v) is 48.5. The number of carbonyl (C=O) groups is 5. The largest absolute Gasteiger partial charge is 0.493 e. The van der Waals surface area contributed by atoms with Crippen molar-refractivity contribution < 1.29 is 38.6 Å². The van der Waals surface area contributed by atoms with Crippen LogP contribution in [0.25, 0.3) is 31.8 Å². The van der Waals surface area contributed by atoms with E-state index in [4.69, 9.17) is 14.5 Å². The molecule has 7 aromatic rings. The van der Waals surface area contributed by atoms with Gasteiger partial charge in [-0.1, -0.05) is 92.8 Å². The number of carbonyl (C=O) groups excluding carboxylic acids is 5. The van der Waals surface area contributed by atoms with Gasteiger partial charge in [-0.2, -0.15) is 0 Å². The number of nitrogens with zero attached hydrogens (tertiary/aromatic N) is 5. The van der Waals surface area contributed by atoms with E-state index in [9.17, 15) is 29.1 Å². The van der Waals surface area contributed by atoms with E-state index in [2.05, 4.69) is 30.8 Å². The highest BCUT2D eigenvalue weighted by molar-refractivity contribution is 7.22. The summed E-state index contributed by atoms with van der Waals surface area (Å²) in [5, 5.41) is 20.3. The van der Waals surface area contributed by atoms with E-state index >= 15 is 0 Å². The van der Waals surface area contributed by atoms with Crippen molar-refractivity contribution in [3.63, 3.8) is 0 Å². The lowest BCUT2D eigenvalue weighted by Crippen LogP contribution is -2.57. The highest BCUT2D eigenvalue weighted by Crippen LogP contribution is 2.36. The summed E-state index contributed by atoms with van der Waals surface area (Å²) in [7, 11) is 0. The summed E-state index contributed by atoms with van der Waals surface area (Å²) in [6.45, 7) is 18.1. The number of aromatic nitrogens is 3. The Morgan fingerprint density at radius 3 is 2.34 bits per heavy atom. The topological polar surface area (TPSA) is 205 Å². The first-order valence-electron chi connectivity index (χ1n) is 27.2. The highest BCUT2D eigenvalue weighted by Gasteiger charge is 2.45. The number of β-amino-alcohol motifs (C(OH)–C–C–N with tert-alkyl or cyclic N) is 1. The van der Waals surface area contributed by atoms with Crippen molar-refractivity contribution in [2.75, 3.05) is 29.9 Å². The molecule has 4 N–H and O–H groups in total. The van der Waals surface area contributed by atoms with E-state index in [1.807, 2.05) is 165 Å². The average molecular weight is 1120 g/mol. The standard InChI is InChI=1S/C62H70N8O8S2/c1-36-43(44-27-28-51(66-53(44)59(76)78-62(7,8)9)69-30-29-40-16-14-18-45(46(40)34-69)56(73)68-60-65-47-19-10-11-21-50(47)80-60)17-15-20-49(36)77-31-13-12-22-52(72)67-55(61(4,5)6)58(75)70-33-42(71)32-48(70)57(74)64-37(2)39-23-25-41(26-24-39)54-38(3)63-35-79-54/h10-11,14-21,23-28,35,37,42,48,55,71H,12-13,22,29-34H2,1-9H3,(H,64,74)(H,67,72)(H,65,68,73)/t37-,42+,48-,55+/m0/s1. The van der Waals surface area contributed by atoms with Crippen molar-refractivity contribution in [1.29, 1.82) is 0 Å². The number of para-hydroxylation sites is 1. The van der Waals surface area contributed by atoms with Crippen LogP contribution in [-0.2, 0) is 32.1 Å². The number of nitrogens with one attached hydrogen (secondary N) is 3. The fourth-order valence-corrected chi connectivity index (χ4v) is 12.0. The van der Waals surface area contributed by atoms with Gasteiger partial charge in [-0.3, -0.25) is 24.5 Å². The number of amides is 4. The second kappa shape index (κ2) is 24.0. The second-order valence-electron chi connectivity index (χ2n) is 22.7. The van der Waals surface area contributed by atoms with E-state index in [0.717, 1.165) is 54.2 Å². The lowest BCUT2D eigenvalue weighted by Gasteiger charge is -2.35. The van der Waals surface area contributed by atoms with Crippen LogP contribution in [0.15, 0.2) is 103 Å². The molecule has 4 aromatic carbocycles. The van der Waals surface area contributed by atoms with Crippen LogP contribution in [0.1, 0.15) is 129 Å². The van der Waals surface area contributed by atoms with Crippen molar-refractivity contribution in [1.82, 2.24) is 30.5 Å². The third-order valence-electron chi connectivity index (χ3n) is 14.5. The smallest absolute Gasteiger partial charge is 0.358 e. The Morgan fingerprint density at radius 2 is 1.61 bits per heavy atom. The third kappa shape index (κ3) is 13.2. The van der Waals surface area contributed by atoms with Gasteiger partial charge in [0.2, 0.25) is 17.7 Å². The average Bonchev–Trinajstić information content (AvgIpc) is 4.23. The molecule has 80 heavy (non-hydrogen) atoms. The molecule has 2 aliphatic rings. The maximum atomic E-state index is 14.3. The molecule has 5 heterocycles. The van der Waals surface area contributed by atoms with Gasteiger partial charge < -0.3 is 35.0 Å².